The Kier molecular flexibility index (Phi) is 6.79. The third-order valence-electron chi connectivity index (χ3n) is 2.16. The average Bonchev–Trinajstić information content (AvgIpc) is 1.97. The molecule has 0 unspecified atom stereocenters. The fourth-order valence-corrected chi connectivity index (χ4v) is 2.27. The van der Waals surface area contributed by atoms with E-state index in [-0.39, 0.29) is 0 Å². The van der Waals surface area contributed by atoms with Gasteiger partial charge in [0.2, 0.25) is 0 Å². The van der Waals surface area contributed by atoms with Crippen LogP contribution in [-0.2, 0) is 0 Å². The minimum absolute atomic E-state index is 0.693. The Hall–Kier alpha value is 0.799. The van der Waals surface area contributed by atoms with Crippen molar-refractivity contribution in [2.75, 3.05) is 0 Å². The first-order valence-electron chi connectivity index (χ1n) is 4.87. The van der Waals surface area contributed by atoms with Crippen LogP contribution in [0, 0.1) is 0 Å². The summed E-state index contributed by atoms with van der Waals surface area (Å²) in [4.78, 5) is 0. The topological polar surface area (TPSA) is 0 Å². The van der Waals surface area contributed by atoms with Gasteiger partial charge in [0.05, 0.1) is 0 Å². The van der Waals surface area contributed by atoms with Crippen LogP contribution >= 0.6 is 0 Å². The van der Waals surface area contributed by atoms with Crippen LogP contribution in [0.2, 0.25) is 3.43 Å². The van der Waals surface area contributed by atoms with E-state index in [1.807, 2.05) is 0 Å². The van der Waals surface area contributed by atoms with Gasteiger partial charge in [0.25, 0.3) is 0 Å². The summed E-state index contributed by atoms with van der Waals surface area (Å²) in [5, 5.41) is 0. The van der Waals surface area contributed by atoms with Crippen molar-refractivity contribution in [1.29, 1.82) is 0 Å². The molecule has 0 aromatic heterocycles. The first-order chi connectivity index (χ1) is 5.12. The van der Waals surface area contributed by atoms with Gasteiger partial charge >= 0.3 is 85.3 Å². The summed E-state index contributed by atoms with van der Waals surface area (Å²) in [6.45, 7) is 7.01. The summed E-state index contributed by atoms with van der Waals surface area (Å²) in [5.74, 6) is 0. The fourth-order valence-electron chi connectivity index (χ4n) is 1.26. The minimum atomic E-state index is 0.693. The Morgan fingerprint density at radius 2 is 1.36 bits per heavy atom. The quantitative estimate of drug-likeness (QED) is 0.638. The van der Waals surface area contributed by atoms with Gasteiger partial charge < -0.3 is 0 Å². The molecule has 0 saturated carbocycles. The molecule has 0 fully saturated rings. The molecule has 0 spiro atoms. The Bertz CT molecular complexity index is 76.9. The van der Waals surface area contributed by atoms with Crippen LogP contribution in [0.15, 0.2) is 0 Å². The third-order valence-corrected chi connectivity index (χ3v) is 3.59. The molecule has 3 radical (unpaired) electrons. The van der Waals surface area contributed by atoms with Gasteiger partial charge in [-0.3, -0.25) is 0 Å². The van der Waals surface area contributed by atoms with Crippen molar-refractivity contribution in [2.24, 2.45) is 0 Å². The van der Waals surface area contributed by atoms with Crippen LogP contribution in [0.25, 0.3) is 0 Å². The molecule has 0 heterocycles. The van der Waals surface area contributed by atoms with Crippen LogP contribution in [0.1, 0.15) is 59.3 Å². The van der Waals surface area contributed by atoms with Crippen LogP contribution < -0.4 is 0 Å². The monoisotopic (exact) mass is 261 g/mol. The van der Waals surface area contributed by atoms with E-state index in [4.69, 9.17) is 0 Å². The van der Waals surface area contributed by atoms with E-state index in [0.717, 1.165) is 0 Å². The number of hydrogen-bond donors (Lipinski definition) is 0. The maximum absolute atomic E-state index is 2.44. The molecule has 0 bridgehead atoms. The van der Waals surface area contributed by atoms with Gasteiger partial charge in [0, 0.05) is 0 Å². The average molecular weight is 260 g/mol. The Labute approximate surface area is 85.2 Å². The molecule has 0 aliphatic carbocycles. The van der Waals surface area contributed by atoms with Gasteiger partial charge in [-0.05, 0) is 0 Å². The SMILES string of the molecule is CCCC[C](C)([Sn])CCCC. The summed E-state index contributed by atoms with van der Waals surface area (Å²) in [6, 6.07) is 0. The molecular weight excluding hydrogens is 239 g/mol. The summed E-state index contributed by atoms with van der Waals surface area (Å²) >= 11 is 1.74. The first-order valence-corrected chi connectivity index (χ1v) is 6.30. The molecule has 11 heavy (non-hydrogen) atoms. The molecule has 0 aromatic rings. The normalized spacial score (nSPS) is 12.0. The predicted octanol–water partition coefficient (Wildman–Crippen LogP) is 3.71. The first kappa shape index (κ1) is 11.8. The van der Waals surface area contributed by atoms with E-state index < -0.39 is 0 Å². The van der Waals surface area contributed by atoms with Gasteiger partial charge in [-0.25, -0.2) is 0 Å². The zero-order valence-electron chi connectivity index (χ0n) is 8.24. The number of hydrogen-bond acceptors (Lipinski definition) is 0. The molecule has 0 aromatic carbocycles. The van der Waals surface area contributed by atoms with E-state index in [9.17, 15) is 0 Å². The van der Waals surface area contributed by atoms with Crippen LogP contribution in [0.4, 0.5) is 0 Å². The van der Waals surface area contributed by atoms with Gasteiger partial charge in [0.1, 0.15) is 0 Å². The van der Waals surface area contributed by atoms with Crippen LogP contribution in [0.5, 0.6) is 0 Å². The van der Waals surface area contributed by atoms with Gasteiger partial charge in [-0.1, -0.05) is 0 Å². The zero-order valence-corrected chi connectivity index (χ0v) is 11.1. The summed E-state index contributed by atoms with van der Waals surface area (Å²) in [6.07, 6.45) is 8.45. The van der Waals surface area contributed by atoms with Crippen LogP contribution in [-0.4, -0.2) is 22.5 Å². The van der Waals surface area contributed by atoms with Crippen molar-refractivity contribution < 1.29 is 0 Å². The van der Waals surface area contributed by atoms with Crippen molar-refractivity contribution in [2.45, 2.75) is 62.7 Å². The van der Waals surface area contributed by atoms with Crippen LogP contribution in [0.3, 0.4) is 0 Å². The molecule has 0 N–H and O–H groups in total. The predicted molar refractivity (Wildman–Crippen MR) is 53.2 cm³/mol. The Balaban J connectivity index is 3.43. The third kappa shape index (κ3) is 7.17. The summed E-state index contributed by atoms with van der Waals surface area (Å²) in [7, 11) is 0. The Morgan fingerprint density at radius 1 is 1.00 bits per heavy atom. The number of rotatable bonds is 6. The van der Waals surface area contributed by atoms with E-state index in [2.05, 4.69) is 20.8 Å². The molecule has 0 aliphatic rings. The molecule has 0 saturated heterocycles. The molecule has 0 atom stereocenters. The molecular formula is C10H21Sn. The molecule has 0 rings (SSSR count). The van der Waals surface area contributed by atoms with E-state index >= 15 is 0 Å². The molecule has 65 valence electrons. The van der Waals surface area contributed by atoms with Crippen molar-refractivity contribution in [3.8, 4) is 0 Å². The summed E-state index contributed by atoms with van der Waals surface area (Å²) in [5.41, 5.74) is 0. The summed E-state index contributed by atoms with van der Waals surface area (Å²) < 4.78 is 0.693. The van der Waals surface area contributed by atoms with Gasteiger partial charge in [-0.2, -0.15) is 0 Å². The van der Waals surface area contributed by atoms with Gasteiger partial charge in [-0.15, -0.1) is 0 Å². The van der Waals surface area contributed by atoms with E-state index in [1.54, 1.807) is 22.5 Å². The van der Waals surface area contributed by atoms with E-state index in [1.165, 1.54) is 38.5 Å². The second-order valence-electron chi connectivity index (χ2n) is 3.77. The standard InChI is InChI=1S/C10H21.Sn/c1-4-6-8-10(3)9-7-5-2;/h4-9H2,1-3H3;. The zero-order chi connectivity index (χ0) is 8.74. The second-order valence-corrected chi connectivity index (χ2v) is 7.21. The molecule has 0 nitrogen and oxygen atoms in total. The second kappa shape index (κ2) is 6.33. The van der Waals surface area contributed by atoms with Gasteiger partial charge in [0.15, 0.2) is 0 Å². The number of unbranched alkanes of at least 4 members (excludes halogenated alkanes) is 2. The maximum atomic E-state index is 2.44. The molecule has 0 amide bonds. The molecule has 1 heteroatoms. The Morgan fingerprint density at radius 3 is 1.64 bits per heavy atom. The molecule has 0 aliphatic heterocycles. The van der Waals surface area contributed by atoms with Crippen molar-refractivity contribution in [3.05, 3.63) is 0 Å². The van der Waals surface area contributed by atoms with E-state index in [0.29, 0.717) is 3.43 Å². The van der Waals surface area contributed by atoms with Crippen molar-refractivity contribution >= 4 is 22.5 Å². The van der Waals surface area contributed by atoms with Crippen molar-refractivity contribution in [3.63, 3.8) is 0 Å². The van der Waals surface area contributed by atoms with Crippen molar-refractivity contribution in [1.82, 2.24) is 0 Å². The fraction of sp³-hybridized carbons (Fsp3) is 1.00.